The van der Waals surface area contributed by atoms with Crippen LogP contribution in [0.3, 0.4) is 0 Å². The van der Waals surface area contributed by atoms with Gasteiger partial charge in [-0.25, -0.2) is 0 Å². The molecule has 0 spiro atoms. The molecular weight excluding hydrogens is 164 g/mol. The first-order valence-electron chi connectivity index (χ1n) is 5.44. The monoisotopic (exact) mass is 184 g/mol. The molecule has 2 saturated heterocycles. The number of rotatable bonds is 2. The van der Waals surface area contributed by atoms with Crippen LogP contribution in [0.5, 0.6) is 0 Å². The third kappa shape index (κ3) is 1.87. The molecule has 3 nitrogen and oxygen atoms in total. The third-order valence-corrected chi connectivity index (χ3v) is 3.16. The number of nitrogens with zero attached hydrogens (tertiary/aromatic N) is 1. The van der Waals surface area contributed by atoms with Gasteiger partial charge in [0.25, 0.3) is 0 Å². The molecule has 0 radical (unpaired) electrons. The molecule has 3 unspecified atom stereocenters. The van der Waals surface area contributed by atoms with Gasteiger partial charge in [0.2, 0.25) is 0 Å². The Morgan fingerprint density at radius 3 is 3.00 bits per heavy atom. The van der Waals surface area contributed by atoms with Gasteiger partial charge in [0.05, 0.1) is 6.10 Å². The quantitative estimate of drug-likeness (QED) is 0.687. The molecule has 76 valence electrons. The lowest BCUT2D eigenvalue weighted by Crippen LogP contribution is -2.44. The summed E-state index contributed by atoms with van der Waals surface area (Å²) in [5, 5.41) is 3.45. The zero-order chi connectivity index (χ0) is 9.26. The second kappa shape index (κ2) is 3.95. The van der Waals surface area contributed by atoms with Gasteiger partial charge < -0.3 is 4.74 Å². The normalized spacial score (nSPS) is 41.5. The minimum atomic E-state index is 0.289. The molecule has 0 amide bonds. The minimum Gasteiger partial charge on any atom is -0.357 e. The maximum absolute atomic E-state index is 5.82. The molecule has 13 heavy (non-hydrogen) atoms. The van der Waals surface area contributed by atoms with Crippen LogP contribution in [0.2, 0.25) is 0 Å². The molecule has 0 aromatic heterocycles. The molecule has 2 rings (SSSR count). The summed E-state index contributed by atoms with van der Waals surface area (Å²) in [7, 11) is 0. The van der Waals surface area contributed by atoms with Gasteiger partial charge in [0.1, 0.15) is 6.23 Å². The fourth-order valence-corrected chi connectivity index (χ4v) is 2.44. The van der Waals surface area contributed by atoms with Crippen molar-refractivity contribution in [2.75, 3.05) is 19.6 Å². The van der Waals surface area contributed by atoms with Gasteiger partial charge in [-0.05, 0) is 32.9 Å². The number of hydrogen-bond acceptors (Lipinski definition) is 3. The second-order valence-corrected chi connectivity index (χ2v) is 4.11. The standard InChI is InChI=1S/C10H20N2O/c1-3-12-6-4-5-9(12)10-11-7-8(2)13-10/h8-11H,3-7H2,1-2H3. The van der Waals surface area contributed by atoms with E-state index in [1.165, 1.54) is 19.4 Å². The van der Waals surface area contributed by atoms with Crippen molar-refractivity contribution in [1.29, 1.82) is 0 Å². The molecule has 1 N–H and O–H groups in total. The fourth-order valence-electron chi connectivity index (χ4n) is 2.44. The molecule has 2 fully saturated rings. The van der Waals surface area contributed by atoms with Crippen molar-refractivity contribution in [3.8, 4) is 0 Å². The van der Waals surface area contributed by atoms with Crippen LogP contribution in [-0.2, 0) is 4.74 Å². The molecule has 0 aliphatic carbocycles. The fraction of sp³-hybridized carbons (Fsp3) is 1.00. The maximum Gasteiger partial charge on any atom is 0.124 e. The van der Waals surface area contributed by atoms with Crippen LogP contribution >= 0.6 is 0 Å². The van der Waals surface area contributed by atoms with E-state index in [2.05, 4.69) is 24.1 Å². The van der Waals surface area contributed by atoms with Crippen LogP contribution in [0.25, 0.3) is 0 Å². The summed E-state index contributed by atoms with van der Waals surface area (Å²) in [5.41, 5.74) is 0. The van der Waals surface area contributed by atoms with Crippen molar-refractivity contribution in [3.05, 3.63) is 0 Å². The van der Waals surface area contributed by atoms with Gasteiger partial charge in [0, 0.05) is 12.6 Å². The highest BCUT2D eigenvalue weighted by Gasteiger charge is 2.35. The summed E-state index contributed by atoms with van der Waals surface area (Å²) in [5.74, 6) is 0. The summed E-state index contributed by atoms with van der Waals surface area (Å²) in [4.78, 5) is 2.52. The predicted octanol–water partition coefficient (Wildman–Crippen LogP) is 0.805. The molecule has 0 aromatic rings. The second-order valence-electron chi connectivity index (χ2n) is 4.11. The Balaban J connectivity index is 1.92. The van der Waals surface area contributed by atoms with Crippen LogP contribution in [0.4, 0.5) is 0 Å². The lowest BCUT2D eigenvalue weighted by molar-refractivity contribution is 0.000537. The van der Waals surface area contributed by atoms with E-state index in [0.717, 1.165) is 13.1 Å². The van der Waals surface area contributed by atoms with Gasteiger partial charge in [-0.1, -0.05) is 6.92 Å². The Hall–Kier alpha value is -0.120. The summed E-state index contributed by atoms with van der Waals surface area (Å²) in [6.45, 7) is 7.78. The first-order valence-corrected chi connectivity index (χ1v) is 5.44. The van der Waals surface area contributed by atoms with Crippen molar-refractivity contribution in [3.63, 3.8) is 0 Å². The van der Waals surface area contributed by atoms with E-state index >= 15 is 0 Å². The van der Waals surface area contributed by atoms with E-state index in [1.807, 2.05) is 0 Å². The van der Waals surface area contributed by atoms with Crippen molar-refractivity contribution in [2.45, 2.75) is 45.1 Å². The van der Waals surface area contributed by atoms with E-state index in [9.17, 15) is 0 Å². The van der Waals surface area contributed by atoms with Crippen LogP contribution in [0, 0.1) is 0 Å². The lowest BCUT2D eigenvalue weighted by Gasteiger charge is -2.27. The van der Waals surface area contributed by atoms with Crippen molar-refractivity contribution in [2.24, 2.45) is 0 Å². The molecule has 2 aliphatic heterocycles. The first-order chi connectivity index (χ1) is 6.31. The highest BCUT2D eigenvalue weighted by atomic mass is 16.5. The van der Waals surface area contributed by atoms with Gasteiger partial charge in [-0.3, -0.25) is 10.2 Å². The Morgan fingerprint density at radius 2 is 2.38 bits per heavy atom. The van der Waals surface area contributed by atoms with E-state index in [4.69, 9.17) is 4.74 Å². The molecule has 2 aliphatic rings. The zero-order valence-electron chi connectivity index (χ0n) is 8.62. The van der Waals surface area contributed by atoms with Crippen LogP contribution in [0.1, 0.15) is 26.7 Å². The third-order valence-electron chi connectivity index (χ3n) is 3.16. The first kappa shape index (κ1) is 9.44. The summed E-state index contributed by atoms with van der Waals surface area (Å²) in [6.07, 6.45) is 3.30. The molecule has 0 saturated carbocycles. The average Bonchev–Trinajstić information content (AvgIpc) is 2.71. The largest absolute Gasteiger partial charge is 0.357 e. The smallest absolute Gasteiger partial charge is 0.124 e. The average molecular weight is 184 g/mol. The summed E-state index contributed by atoms with van der Waals surface area (Å²) in [6, 6.07) is 0.620. The van der Waals surface area contributed by atoms with Gasteiger partial charge in [-0.15, -0.1) is 0 Å². The number of likely N-dealkylation sites (N-methyl/N-ethyl adjacent to an activating group) is 1. The molecule has 3 atom stereocenters. The SMILES string of the molecule is CCN1CCCC1C1NCC(C)O1. The Labute approximate surface area is 80.4 Å². The van der Waals surface area contributed by atoms with Crippen molar-refractivity contribution >= 4 is 0 Å². The molecule has 0 bridgehead atoms. The number of nitrogens with one attached hydrogen (secondary N) is 1. The maximum atomic E-state index is 5.82. The van der Waals surface area contributed by atoms with E-state index in [0.29, 0.717) is 12.1 Å². The zero-order valence-corrected chi connectivity index (χ0v) is 8.62. The van der Waals surface area contributed by atoms with Crippen LogP contribution < -0.4 is 5.32 Å². The topological polar surface area (TPSA) is 24.5 Å². The summed E-state index contributed by atoms with van der Waals surface area (Å²) >= 11 is 0. The van der Waals surface area contributed by atoms with Crippen molar-refractivity contribution in [1.82, 2.24) is 10.2 Å². The van der Waals surface area contributed by atoms with Gasteiger partial charge in [-0.2, -0.15) is 0 Å². The molecular formula is C10H20N2O. The predicted molar refractivity (Wildman–Crippen MR) is 52.6 cm³/mol. The Kier molecular flexibility index (Phi) is 2.86. The van der Waals surface area contributed by atoms with Crippen molar-refractivity contribution < 1.29 is 4.74 Å². The summed E-state index contributed by atoms with van der Waals surface area (Å²) < 4.78 is 5.82. The molecule has 2 heterocycles. The molecule has 3 heteroatoms. The van der Waals surface area contributed by atoms with Crippen LogP contribution in [-0.4, -0.2) is 42.9 Å². The van der Waals surface area contributed by atoms with Gasteiger partial charge in [0.15, 0.2) is 0 Å². The minimum absolute atomic E-state index is 0.289. The number of likely N-dealkylation sites (tertiary alicyclic amines) is 1. The highest BCUT2D eigenvalue weighted by Crippen LogP contribution is 2.23. The Morgan fingerprint density at radius 1 is 1.54 bits per heavy atom. The van der Waals surface area contributed by atoms with Gasteiger partial charge >= 0.3 is 0 Å². The van der Waals surface area contributed by atoms with E-state index in [1.54, 1.807) is 0 Å². The number of ether oxygens (including phenoxy) is 1. The van der Waals surface area contributed by atoms with Crippen LogP contribution in [0.15, 0.2) is 0 Å². The molecule has 0 aromatic carbocycles. The Bertz CT molecular complexity index is 174. The lowest BCUT2D eigenvalue weighted by atomic mass is 10.2. The number of hydrogen-bond donors (Lipinski definition) is 1. The highest BCUT2D eigenvalue weighted by molar-refractivity contribution is 4.87. The van der Waals surface area contributed by atoms with E-state index in [-0.39, 0.29) is 6.23 Å². The van der Waals surface area contributed by atoms with E-state index < -0.39 is 0 Å².